The van der Waals surface area contributed by atoms with Crippen LogP contribution < -0.4 is 5.73 Å². The van der Waals surface area contributed by atoms with Crippen molar-refractivity contribution in [3.05, 3.63) is 6.33 Å². The highest BCUT2D eigenvalue weighted by Gasteiger charge is 2.46. The number of aliphatic hydroxyl groups is 3. The number of hydrogen-bond acceptors (Lipinski definition) is 10. The molecule has 1 aliphatic heterocycles. The number of nitrogens with zero attached hydrogens (tertiary/aromatic N) is 4. The molecule has 1 saturated heterocycles. The Morgan fingerprint density at radius 3 is 2.88 bits per heavy atom. The molecular weight excluding hydrogens is 362 g/mol. The number of thioether (sulfide) groups is 1. The van der Waals surface area contributed by atoms with Crippen LogP contribution >= 0.6 is 11.8 Å². The van der Waals surface area contributed by atoms with Crippen LogP contribution in [0, 0.1) is 0 Å². The Kier molecular flexibility index (Phi) is 6.27. The van der Waals surface area contributed by atoms with Crippen LogP contribution in [0.1, 0.15) is 19.6 Å². The Morgan fingerprint density at radius 2 is 2.19 bits per heavy atom. The molecule has 11 heteroatoms. The molecule has 0 aliphatic carbocycles. The highest BCUT2D eigenvalue weighted by molar-refractivity contribution is 7.99. The molecule has 5 N–H and O–H groups in total. The summed E-state index contributed by atoms with van der Waals surface area (Å²) in [4.78, 5) is 12.7. The summed E-state index contributed by atoms with van der Waals surface area (Å²) in [6.07, 6.45) is -1.12. The minimum Gasteiger partial charge on any atom is -0.396 e. The molecule has 144 valence electrons. The summed E-state index contributed by atoms with van der Waals surface area (Å²) in [6, 6.07) is 0. The molecule has 0 amide bonds. The number of ether oxygens (including phenoxy) is 2. The highest BCUT2D eigenvalue weighted by atomic mass is 32.2. The molecule has 26 heavy (non-hydrogen) atoms. The molecule has 0 saturated carbocycles. The number of nitrogen functional groups attached to an aromatic ring is 1. The van der Waals surface area contributed by atoms with Crippen LogP contribution in [0.25, 0.3) is 11.2 Å². The van der Waals surface area contributed by atoms with E-state index < -0.39 is 24.5 Å². The first kappa shape index (κ1) is 19.3. The van der Waals surface area contributed by atoms with Crippen molar-refractivity contribution in [1.29, 1.82) is 0 Å². The lowest BCUT2D eigenvalue weighted by atomic mass is 10.1. The quantitative estimate of drug-likeness (QED) is 0.440. The average molecular weight is 385 g/mol. The van der Waals surface area contributed by atoms with Crippen LogP contribution in [0.5, 0.6) is 0 Å². The van der Waals surface area contributed by atoms with E-state index in [4.69, 9.17) is 20.3 Å². The maximum Gasteiger partial charge on any atom is 0.172 e. The van der Waals surface area contributed by atoms with Gasteiger partial charge in [0.05, 0.1) is 13.2 Å². The minimum absolute atomic E-state index is 0.0296. The highest BCUT2D eigenvalue weighted by Crippen LogP contribution is 2.37. The molecule has 1 aliphatic rings. The maximum atomic E-state index is 10.5. The zero-order valence-electron chi connectivity index (χ0n) is 14.4. The third-order valence-corrected chi connectivity index (χ3v) is 4.99. The summed E-state index contributed by atoms with van der Waals surface area (Å²) >= 11 is 1.30. The number of aromatic nitrogens is 4. The van der Waals surface area contributed by atoms with Gasteiger partial charge in [-0.15, -0.1) is 0 Å². The van der Waals surface area contributed by atoms with Crippen molar-refractivity contribution in [2.75, 3.05) is 31.3 Å². The van der Waals surface area contributed by atoms with Crippen LogP contribution in [0.3, 0.4) is 0 Å². The Labute approximate surface area is 154 Å². The Bertz CT molecular complexity index is 745. The lowest BCUT2D eigenvalue weighted by molar-refractivity contribution is -0.0740. The second-order valence-corrected chi connectivity index (χ2v) is 6.90. The molecule has 0 unspecified atom stereocenters. The first-order valence-corrected chi connectivity index (χ1v) is 9.39. The standard InChI is InChI=1S/C15H23N5O5S/c1-2-4-24-11-10(23)8(6-22)25-14(11)20-13-9(12(16)17-7-18-13)19-15(20)26-5-3-21/h7-8,10-11,14,21-23H,2-6H2,1H3,(H2,16,17,18)/t8-,10-,11-,14-/m1/s1. The van der Waals surface area contributed by atoms with E-state index in [2.05, 4.69) is 15.0 Å². The average Bonchev–Trinajstić information content (AvgIpc) is 3.16. The fourth-order valence-electron chi connectivity index (χ4n) is 2.89. The van der Waals surface area contributed by atoms with Crippen molar-refractivity contribution in [3.8, 4) is 0 Å². The van der Waals surface area contributed by atoms with Crippen molar-refractivity contribution < 1.29 is 24.8 Å². The van der Waals surface area contributed by atoms with E-state index >= 15 is 0 Å². The smallest absolute Gasteiger partial charge is 0.172 e. The summed E-state index contributed by atoms with van der Waals surface area (Å²) in [5.41, 5.74) is 6.77. The molecule has 3 rings (SSSR count). The summed E-state index contributed by atoms with van der Waals surface area (Å²) in [7, 11) is 0. The predicted octanol–water partition coefficient (Wildman–Crippen LogP) is -0.461. The number of imidazole rings is 1. The Balaban J connectivity index is 2.07. The van der Waals surface area contributed by atoms with Crippen LogP contribution in [-0.4, -0.2) is 78.7 Å². The van der Waals surface area contributed by atoms with Gasteiger partial charge in [0.15, 0.2) is 28.4 Å². The maximum absolute atomic E-state index is 10.5. The monoisotopic (exact) mass is 385 g/mol. The predicted molar refractivity (Wildman–Crippen MR) is 94.6 cm³/mol. The Morgan fingerprint density at radius 1 is 1.38 bits per heavy atom. The third-order valence-electron chi connectivity index (χ3n) is 4.06. The number of rotatable bonds is 8. The van der Waals surface area contributed by atoms with E-state index in [1.165, 1.54) is 18.1 Å². The van der Waals surface area contributed by atoms with E-state index in [9.17, 15) is 10.2 Å². The minimum atomic E-state index is -0.996. The van der Waals surface area contributed by atoms with Crippen LogP contribution in [0.4, 0.5) is 5.82 Å². The second kappa shape index (κ2) is 8.46. The van der Waals surface area contributed by atoms with Crippen molar-refractivity contribution in [1.82, 2.24) is 19.5 Å². The van der Waals surface area contributed by atoms with E-state index in [0.717, 1.165) is 6.42 Å². The van der Waals surface area contributed by atoms with Gasteiger partial charge in [-0.2, -0.15) is 0 Å². The van der Waals surface area contributed by atoms with Gasteiger partial charge in [0.1, 0.15) is 24.6 Å². The zero-order chi connectivity index (χ0) is 18.7. The molecule has 0 radical (unpaired) electrons. The molecular formula is C15H23N5O5S. The van der Waals surface area contributed by atoms with Gasteiger partial charge in [-0.05, 0) is 6.42 Å². The molecule has 0 bridgehead atoms. The molecule has 10 nitrogen and oxygen atoms in total. The summed E-state index contributed by atoms with van der Waals surface area (Å²) in [6.45, 7) is 2.02. The van der Waals surface area contributed by atoms with Crippen molar-refractivity contribution >= 4 is 28.7 Å². The molecule has 0 spiro atoms. The number of hydrogen-bond donors (Lipinski definition) is 4. The zero-order valence-corrected chi connectivity index (χ0v) is 15.2. The van der Waals surface area contributed by atoms with Gasteiger partial charge >= 0.3 is 0 Å². The fourth-order valence-corrected chi connectivity index (χ4v) is 3.64. The summed E-state index contributed by atoms with van der Waals surface area (Å²) in [5, 5.41) is 29.7. The van der Waals surface area contributed by atoms with Gasteiger partial charge in [-0.25, -0.2) is 15.0 Å². The first-order valence-electron chi connectivity index (χ1n) is 8.40. The lowest BCUT2D eigenvalue weighted by Gasteiger charge is -2.23. The fraction of sp³-hybridized carbons (Fsp3) is 0.667. The van der Waals surface area contributed by atoms with Gasteiger partial charge < -0.3 is 30.5 Å². The molecule has 1 fully saturated rings. The normalized spacial score (nSPS) is 26.0. The van der Waals surface area contributed by atoms with Crippen molar-refractivity contribution in [2.24, 2.45) is 0 Å². The first-order chi connectivity index (χ1) is 12.6. The van der Waals surface area contributed by atoms with Crippen LogP contribution in [0.15, 0.2) is 11.5 Å². The van der Waals surface area contributed by atoms with Crippen LogP contribution in [0.2, 0.25) is 0 Å². The SMILES string of the molecule is CCCO[C@@H]1[C@H](O)[C@@H](CO)O[C@H]1n1c(SCCO)nc2c(N)ncnc21. The molecule has 3 heterocycles. The summed E-state index contributed by atoms with van der Waals surface area (Å²) in [5.74, 6) is 0.637. The van der Waals surface area contributed by atoms with Gasteiger partial charge in [0, 0.05) is 12.4 Å². The molecule has 0 aromatic carbocycles. The van der Waals surface area contributed by atoms with Gasteiger partial charge in [-0.1, -0.05) is 18.7 Å². The van der Waals surface area contributed by atoms with E-state index in [-0.39, 0.29) is 19.0 Å². The number of aliphatic hydroxyl groups excluding tert-OH is 3. The Hall–Kier alpha value is -1.50. The van der Waals surface area contributed by atoms with Gasteiger partial charge in [-0.3, -0.25) is 4.57 Å². The molecule has 2 aromatic heterocycles. The second-order valence-electron chi connectivity index (χ2n) is 5.84. The van der Waals surface area contributed by atoms with Gasteiger partial charge in [0.2, 0.25) is 0 Å². The molecule has 4 atom stereocenters. The van der Waals surface area contributed by atoms with E-state index in [1.807, 2.05) is 6.92 Å². The summed E-state index contributed by atoms with van der Waals surface area (Å²) < 4.78 is 13.4. The van der Waals surface area contributed by atoms with Crippen molar-refractivity contribution in [3.63, 3.8) is 0 Å². The molecule has 2 aromatic rings. The number of nitrogens with two attached hydrogens (primary N) is 1. The lowest BCUT2D eigenvalue weighted by Crippen LogP contribution is -2.35. The topological polar surface area (TPSA) is 149 Å². The van der Waals surface area contributed by atoms with Gasteiger partial charge in [0.25, 0.3) is 0 Å². The van der Waals surface area contributed by atoms with Crippen molar-refractivity contribution in [2.45, 2.75) is 43.0 Å². The third kappa shape index (κ3) is 3.50. The largest absolute Gasteiger partial charge is 0.396 e. The number of anilines is 1. The van der Waals surface area contributed by atoms with E-state index in [1.54, 1.807) is 4.57 Å². The number of fused-ring (bicyclic) bond motifs is 1. The van der Waals surface area contributed by atoms with E-state index in [0.29, 0.717) is 28.7 Å². The van der Waals surface area contributed by atoms with Crippen LogP contribution in [-0.2, 0) is 9.47 Å².